The van der Waals surface area contributed by atoms with Crippen molar-refractivity contribution < 1.29 is 103 Å². The van der Waals surface area contributed by atoms with E-state index in [1.54, 1.807) is 6.07 Å². The molecule has 0 saturated carbocycles. The van der Waals surface area contributed by atoms with Crippen LogP contribution in [0.1, 0.15) is 27.1 Å². The van der Waals surface area contributed by atoms with Crippen LogP contribution in [0.2, 0.25) is 51.9 Å². The molecule has 0 fully saturated rings. The Morgan fingerprint density at radius 3 is 1.37 bits per heavy atom. The van der Waals surface area contributed by atoms with Crippen molar-refractivity contribution in [2.45, 2.75) is 58.3 Å². The maximum Gasteiger partial charge on any atom is 1.00 e. The Kier molecular flexibility index (Phi) is 23.6. The molecule has 0 aliphatic rings. The maximum absolute atomic E-state index is 12.0. The van der Waals surface area contributed by atoms with Gasteiger partial charge in [-0.3, -0.25) is 0 Å². The van der Waals surface area contributed by atoms with Gasteiger partial charge in [-0.25, -0.2) is 4.79 Å². The summed E-state index contributed by atoms with van der Waals surface area (Å²) in [6.45, 7) is 19.9. The molecule has 242 valence electrons. The molecule has 0 aliphatic carbocycles. The Hall–Kier alpha value is 0.167. The predicted octanol–water partition coefficient (Wildman–Crippen LogP) is 0.459. The molecule has 0 aliphatic heterocycles. The predicted molar refractivity (Wildman–Crippen MR) is 165 cm³/mol. The number of benzene rings is 1. The van der Waals surface area contributed by atoms with E-state index in [2.05, 4.69) is 45.8 Å². The molecule has 1 rings (SSSR count). The molecule has 0 spiro atoms. The number of hydrogen-bond acceptors (Lipinski definition) is 11. The molecule has 43 heavy (non-hydrogen) atoms. The first-order valence-corrected chi connectivity index (χ1v) is 23.8. The minimum atomic E-state index is -2.20. The topological polar surface area (TPSA) is 131 Å². The van der Waals surface area contributed by atoms with Crippen LogP contribution in [-0.4, -0.2) is 110 Å². The van der Waals surface area contributed by atoms with Crippen LogP contribution in [0.5, 0.6) is 0 Å². The first kappa shape index (κ1) is 43.2. The number of carbonyl (C=O) groups excluding carboxylic acids is 2. The molecule has 0 atom stereocenters. The zero-order valence-electron chi connectivity index (χ0n) is 27.5. The van der Waals surface area contributed by atoms with E-state index in [9.17, 15) is 14.7 Å². The second-order valence-electron chi connectivity index (χ2n) is 11.7. The molecule has 0 unspecified atom stereocenters. The average molecular weight is 687 g/mol. The van der Waals surface area contributed by atoms with E-state index in [0.29, 0.717) is 59.5 Å². The van der Waals surface area contributed by atoms with Crippen LogP contribution in [0.3, 0.4) is 0 Å². The second-order valence-corrected chi connectivity index (χ2v) is 24.5. The minimum Gasteiger partial charge on any atom is -0.545 e. The van der Waals surface area contributed by atoms with Crippen LogP contribution in [-0.2, 0) is 36.7 Å². The molecule has 0 radical (unpaired) electrons. The van der Waals surface area contributed by atoms with Gasteiger partial charge >= 0.3 is 65.9 Å². The smallest absolute Gasteiger partial charge is 0.545 e. The summed E-state index contributed by atoms with van der Waals surface area (Å²) in [6, 6.07) is 6.67. The van der Waals surface area contributed by atoms with Crippen LogP contribution in [0.15, 0.2) is 24.3 Å². The Balaban J connectivity index is 0.0000176. The number of carbonyl (C=O) groups is 2. The number of rotatable bonds is 25. The van der Waals surface area contributed by atoms with Crippen LogP contribution in [0.4, 0.5) is 0 Å². The van der Waals surface area contributed by atoms with E-state index in [-0.39, 0.29) is 75.7 Å². The van der Waals surface area contributed by atoms with Gasteiger partial charge in [-0.2, -0.15) is 0 Å². The first-order valence-electron chi connectivity index (χ1n) is 14.5. The maximum atomic E-state index is 12.0. The van der Waals surface area contributed by atoms with Gasteiger partial charge in [0.05, 0.1) is 71.0 Å². The van der Waals surface area contributed by atoms with Gasteiger partial charge in [-0.05, 0) is 64.4 Å². The number of aromatic carboxylic acids is 1. The van der Waals surface area contributed by atoms with Gasteiger partial charge < -0.3 is 46.6 Å². The van der Waals surface area contributed by atoms with Gasteiger partial charge in [0.1, 0.15) is 6.61 Å². The average Bonchev–Trinajstić information content (AvgIpc) is 2.87. The Bertz CT molecular complexity index is 895. The van der Waals surface area contributed by atoms with Crippen molar-refractivity contribution in [1.82, 2.24) is 0 Å². The van der Waals surface area contributed by atoms with Crippen molar-refractivity contribution in [3.05, 3.63) is 35.4 Å². The second kappa shape index (κ2) is 23.5. The van der Waals surface area contributed by atoms with Crippen molar-refractivity contribution in [1.29, 1.82) is 0 Å². The molecule has 1 aromatic rings. The van der Waals surface area contributed by atoms with Gasteiger partial charge in [-0.1, -0.05) is 18.2 Å². The summed E-state index contributed by atoms with van der Waals surface area (Å²) in [7, 11) is -5.56. The third-order valence-corrected chi connectivity index (χ3v) is 14.9. The number of carboxylic acids is 1. The van der Waals surface area contributed by atoms with Crippen LogP contribution in [0.25, 0.3) is 0 Å². The molecule has 0 amide bonds. The van der Waals surface area contributed by atoms with E-state index >= 15 is 0 Å². The van der Waals surface area contributed by atoms with Gasteiger partial charge in [0, 0.05) is 12.2 Å². The largest absolute Gasteiger partial charge is 1.00 e. The number of hydrogen-bond donors (Lipinski definition) is 0. The first-order chi connectivity index (χ1) is 19.7. The summed E-state index contributed by atoms with van der Waals surface area (Å²) in [5, 5.41) is 11.1. The summed E-state index contributed by atoms with van der Waals surface area (Å²) in [4.78, 5) is 23.1. The third kappa shape index (κ3) is 23.2. The molecule has 11 nitrogen and oxygen atoms in total. The molecule has 0 bridgehead atoms. The van der Waals surface area contributed by atoms with Crippen molar-refractivity contribution >= 4 is 37.1 Å². The van der Waals surface area contributed by atoms with E-state index in [1.165, 1.54) is 18.2 Å². The molecule has 1 aromatic carbocycles. The number of ether oxygens (including phenoxy) is 6. The van der Waals surface area contributed by atoms with Crippen molar-refractivity contribution in [3.63, 3.8) is 0 Å². The van der Waals surface area contributed by atoms with E-state index in [1.807, 2.05) is 0 Å². The summed E-state index contributed by atoms with van der Waals surface area (Å²) in [5.74, 6) is -2.17. The Morgan fingerprint density at radius 1 is 0.605 bits per heavy atom. The van der Waals surface area contributed by atoms with Gasteiger partial charge in [-0.15, -0.1) is 0 Å². The minimum absolute atomic E-state index is 0. The summed E-state index contributed by atoms with van der Waals surface area (Å²) >= 11 is 0. The zero-order chi connectivity index (χ0) is 31.5. The molecule has 15 heteroatoms. The van der Waals surface area contributed by atoms with Crippen molar-refractivity contribution in [2.24, 2.45) is 0 Å². The SMILES string of the molecule is C[Si](C)(C)O[Si](C)(CCCOCCOCCOCCOCCOCCOC(=O)c1ccccc1C(=O)[O-])O[Si](C)(C)C.[K+]. The van der Waals surface area contributed by atoms with E-state index < -0.39 is 37.1 Å². The fourth-order valence-electron chi connectivity index (χ4n) is 4.01. The fourth-order valence-corrected chi connectivity index (χ4v) is 16.5. The third-order valence-electron chi connectivity index (χ3n) is 5.28. The van der Waals surface area contributed by atoms with E-state index in [0.717, 1.165) is 12.5 Å². The normalized spacial score (nSPS) is 12.2. The van der Waals surface area contributed by atoms with Crippen LogP contribution in [0, 0.1) is 0 Å². The number of carboxylic acid groups (broad SMARTS) is 1. The number of esters is 1. The molecule has 0 heterocycles. The monoisotopic (exact) mass is 686 g/mol. The Morgan fingerprint density at radius 2 is 0.977 bits per heavy atom. The summed E-state index contributed by atoms with van der Waals surface area (Å²) in [5.41, 5.74) is -0.256. The quantitative estimate of drug-likeness (QED) is 0.0808. The van der Waals surface area contributed by atoms with Gasteiger partial charge in [0.2, 0.25) is 0 Å². The van der Waals surface area contributed by atoms with Gasteiger partial charge in [0.25, 0.3) is 0 Å². The molecular weight excluding hydrogens is 636 g/mol. The molecule has 0 aromatic heterocycles. The fraction of sp³-hybridized carbons (Fsp3) is 0.714. The van der Waals surface area contributed by atoms with Crippen LogP contribution < -0.4 is 56.5 Å². The standard InChI is InChI=1S/C28H52O11Si3.K/c1-40(2,3)38-42(7,39-41(4,5)6)24-10-13-32-14-15-33-16-17-34-18-19-35-20-21-36-22-23-37-28(31)26-12-9-8-11-25(26)27(29)30;/h8-9,11-12H,10,13-24H2,1-7H3,(H,29,30);/q;+1/p-1. The van der Waals surface area contributed by atoms with Gasteiger partial charge in [0.15, 0.2) is 16.6 Å². The molecule has 0 saturated heterocycles. The van der Waals surface area contributed by atoms with Crippen LogP contribution >= 0.6 is 0 Å². The molecule has 0 N–H and O–H groups in total. The van der Waals surface area contributed by atoms with Crippen molar-refractivity contribution in [3.8, 4) is 0 Å². The summed E-state index contributed by atoms with van der Waals surface area (Å²) in [6.07, 6.45) is 0.918. The summed E-state index contributed by atoms with van der Waals surface area (Å²) < 4.78 is 45.6. The Labute approximate surface area is 303 Å². The van der Waals surface area contributed by atoms with Crippen molar-refractivity contribution in [2.75, 3.05) is 72.7 Å². The van der Waals surface area contributed by atoms with E-state index in [4.69, 9.17) is 36.7 Å². The zero-order valence-corrected chi connectivity index (χ0v) is 33.6. The molecular formula is C28H51KO11Si3.